The van der Waals surface area contributed by atoms with E-state index in [0.717, 1.165) is 35.5 Å². The van der Waals surface area contributed by atoms with Gasteiger partial charge in [-0.2, -0.15) is 5.26 Å². The van der Waals surface area contributed by atoms with E-state index in [-0.39, 0.29) is 11.9 Å². The predicted molar refractivity (Wildman–Crippen MR) is 132 cm³/mol. The van der Waals surface area contributed by atoms with E-state index in [4.69, 9.17) is 5.26 Å². The Kier molecular flexibility index (Phi) is 6.32. The first-order valence-corrected chi connectivity index (χ1v) is 13.7. The molecule has 9 atom stereocenters. The maximum absolute atomic E-state index is 13.0. The molecule has 4 fully saturated rings. The van der Waals surface area contributed by atoms with Crippen molar-refractivity contribution < 1.29 is 4.79 Å². The Morgan fingerprint density at radius 1 is 1.03 bits per heavy atom. The highest BCUT2D eigenvalue weighted by atomic mass is 16.1. The van der Waals surface area contributed by atoms with Gasteiger partial charge in [-0.05, 0) is 129 Å². The zero-order valence-electron chi connectivity index (χ0n) is 20.9. The highest BCUT2D eigenvalue weighted by molar-refractivity contribution is 5.94. The molecule has 0 aliphatic heterocycles. The summed E-state index contributed by atoms with van der Waals surface area (Å²) in [6.45, 7) is 7.29. The number of rotatable bonds is 3. The van der Waals surface area contributed by atoms with Crippen LogP contribution in [0.1, 0.15) is 101 Å². The Morgan fingerprint density at radius 3 is 2.55 bits per heavy atom. The molecule has 1 aromatic rings. The fourth-order valence-electron chi connectivity index (χ4n) is 9.24. The molecule has 3 nitrogen and oxygen atoms in total. The van der Waals surface area contributed by atoms with Gasteiger partial charge in [-0.1, -0.05) is 26.7 Å². The molecule has 1 N–H and O–H groups in total. The van der Waals surface area contributed by atoms with Gasteiger partial charge in [0.1, 0.15) is 0 Å². The molecule has 33 heavy (non-hydrogen) atoms. The smallest absolute Gasteiger partial charge is 0.251 e. The minimum atomic E-state index is 0.00299. The van der Waals surface area contributed by atoms with Gasteiger partial charge in [0.25, 0.3) is 5.91 Å². The Balaban J connectivity index is 1.29. The van der Waals surface area contributed by atoms with Gasteiger partial charge in [-0.15, -0.1) is 0 Å². The molecule has 3 unspecified atom stereocenters. The highest BCUT2D eigenvalue weighted by Gasteiger charge is 2.56. The zero-order valence-corrected chi connectivity index (χ0v) is 20.9. The molecule has 1 amide bonds. The van der Waals surface area contributed by atoms with E-state index in [1.165, 1.54) is 64.2 Å². The zero-order chi connectivity index (χ0) is 23.2. The fourth-order valence-corrected chi connectivity index (χ4v) is 9.24. The summed E-state index contributed by atoms with van der Waals surface area (Å²) < 4.78 is 0. The molecule has 1 aromatic carbocycles. The summed E-state index contributed by atoms with van der Waals surface area (Å²) in [7, 11) is 0. The quantitative estimate of drug-likeness (QED) is 0.545. The molecule has 0 saturated heterocycles. The summed E-state index contributed by atoms with van der Waals surface area (Å²) in [5, 5.41) is 12.4. The summed E-state index contributed by atoms with van der Waals surface area (Å²) in [5.74, 6) is 6.23. The van der Waals surface area contributed by atoms with Crippen LogP contribution in [0, 0.1) is 58.2 Å². The molecule has 5 rings (SSSR count). The molecule has 0 spiro atoms. The number of benzene rings is 1. The summed E-state index contributed by atoms with van der Waals surface area (Å²) in [5.41, 5.74) is 1.61. The fraction of sp³-hybridized carbons (Fsp3) is 0.733. The maximum Gasteiger partial charge on any atom is 0.251 e. The average Bonchev–Trinajstić information content (AvgIpc) is 2.82. The van der Waals surface area contributed by atoms with E-state index in [9.17, 15) is 4.79 Å². The van der Waals surface area contributed by atoms with Crippen LogP contribution in [0.2, 0.25) is 0 Å². The Hall–Kier alpha value is -1.82. The second kappa shape index (κ2) is 9.09. The first-order valence-electron chi connectivity index (χ1n) is 13.7. The van der Waals surface area contributed by atoms with Gasteiger partial charge < -0.3 is 5.32 Å². The summed E-state index contributed by atoms with van der Waals surface area (Å²) in [4.78, 5) is 13.0. The minimum Gasteiger partial charge on any atom is -0.349 e. The largest absolute Gasteiger partial charge is 0.349 e. The molecule has 0 bridgehead atoms. The number of carbonyl (C=O) groups is 1. The van der Waals surface area contributed by atoms with Gasteiger partial charge in [0.05, 0.1) is 11.6 Å². The van der Waals surface area contributed by atoms with Crippen LogP contribution < -0.4 is 5.32 Å². The van der Waals surface area contributed by atoms with Gasteiger partial charge in [0.2, 0.25) is 0 Å². The molecular formula is C30H42N2O. The third-order valence-electron chi connectivity index (χ3n) is 10.8. The van der Waals surface area contributed by atoms with Crippen LogP contribution >= 0.6 is 0 Å². The SMILES string of the molecule is C[C@H]1CC[C@H]2C(CC[C@@H]3C2CC[C@@]2(C)C3CCC[C@@H]2[C@H](C)NC(=O)c2ccc(C#N)cc2)C1. The first kappa shape index (κ1) is 22.9. The molecular weight excluding hydrogens is 404 g/mol. The number of carbonyl (C=O) groups excluding carboxylic acids is 1. The van der Waals surface area contributed by atoms with E-state index in [1.54, 1.807) is 24.3 Å². The molecule has 3 heteroatoms. The standard InChI is InChI=1S/C30H42N2O/c1-19-7-13-24-23(17-19)12-14-26-25(24)15-16-30(3)27(5-4-6-28(26)30)20(2)32-29(33)22-10-8-21(18-31)9-11-22/h8-11,19-20,23-28H,4-7,12-17H2,1-3H3,(H,32,33)/t19-,20-,23?,24-,25?,26+,27+,28?,30+/m0/s1. The number of nitriles is 1. The van der Waals surface area contributed by atoms with Crippen molar-refractivity contribution in [2.75, 3.05) is 0 Å². The lowest BCUT2D eigenvalue weighted by atomic mass is 9.44. The number of hydrogen-bond donors (Lipinski definition) is 1. The third-order valence-corrected chi connectivity index (χ3v) is 10.8. The van der Waals surface area contributed by atoms with Crippen molar-refractivity contribution in [3.05, 3.63) is 35.4 Å². The molecule has 4 saturated carbocycles. The lowest BCUT2D eigenvalue weighted by Crippen LogP contribution is -2.56. The van der Waals surface area contributed by atoms with Gasteiger partial charge in [0.15, 0.2) is 0 Å². The van der Waals surface area contributed by atoms with Crippen molar-refractivity contribution in [3.8, 4) is 6.07 Å². The van der Waals surface area contributed by atoms with E-state index in [0.29, 0.717) is 22.5 Å². The minimum absolute atomic E-state index is 0.00299. The van der Waals surface area contributed by atoms with Crippen LogP contribution in [0.5, 0.6) is 0 Å². The number of hydrogen-bond acceptors (Lipinski definition) is 2. The normalized spacial score (nSPS) is 41.0. The first-order chi connectivity index (χ1) is 15.9. The van der Waals surface area contributed by atoms with Crippen LogP contribution in [0.4, 0.5) is 0 Å². The van der Waals surface area contributed by atoms with Crippen LogP contribution in [-0.2, 0) is 0 Å². The van der Waals surface area contributed by atoms with Crippen molar-refractivity contribution in [1.82, 2.24) is 5.32 Å². The third kappa shape index (κ3) is 4.13. The summed E-state index contributed by atoms with van der Waals surface area (Å²) in [6.07, 6.45) is 14.1. The Morgan fingerprint density at radius 2 is 1.79 bits per heavy atom. The molecule has 4 aliphatic carbocycles. The molecule has 0 aromatic heterocycles. The van der Waals surface area contributed by atoms with Crippen molar-refractivity contribution in [2.24, 2.45) is 46.8 Å². The molecule has 0 radical (unpaired) electrons. The Labute approximate surface area is 200 Å². The highest BCUT2D eigenvalue weighted by Crippen LogP contribution is 2.63. The molecule has 0 heterocycles. The lowest BCUT2D eigenvalue weighted by Gasteiger charge is -2.61. The van der Waals surface area contributed by atoms with Gasteiger partial charge >= 0.3 is 0 Å². The average molecular weight is 447 g/mol. The monoisotopic (exact) mass is 446 g/mol. The van der Waals surface area contributed by atoms with Gasteiger partial charge in [-0.3, -0.25) is 4.79 Å². The number of fused-ring (bicyclic) bond motifs is 5. The molecule has 4 aliphatic rings. The summed E-state index contributed by atoms with van der Waals surface area (Å²) >= 11 is 0. The lowest BCUT2D eigenvalue weighted by molar-refractivity contribution is -0.114. The Bertz CT molecular complexity index is 901. The van der Waals surface area contributed by atoms with Crippen LogP contribution in [-0.4, -0.2) is 11.9 Å². The molecule has 178 valence electrons. The van der Waals surface area contributed by atoms with Crippen molar-refractivity contribution >= 4 is 5.91 Å². The van der Waals surface area contributed by atoms with E-state index < -0.39 is 0 Å². The van der Waals surface area contributed by atoms with Crippen molar-refractivity contribution in [1.29, 1.82) is 5.26 Å². The second-order valence-corrected chi connectivity index (χ2v) is 12.4. The topological polar surface area (TPSA) is 52.9 Å². The van der Waals surface area contributed by atoms with E-state index in [1.807, 2.05) is 0 Å². The van der Waals surface area contributed by atoms with E-state index in [2.05, 4.69) is 32.2 Å². The van der Waals surface area contributed by atoms with Crippen molar-refractivity contribution in [3.63, 3.8) is 0 Å². The predicted octanol–water partition coefficient (Wildman–Crippen LogP) is 6.97. The number of nitrogens with zero attached hydrogens (tertiary/aromatic N) is 1. The van der Waals surface area contributed by atoms with Crippen molar-refractivity contribution in [2.45, 2.75) is 91.0 Å². The van der Waals surface area contributed by atoms with Crippen LogP contribution in [0.15, 0.2) is 24.3 Å². The van der Waals surface area contributed by atoms with Crippen LogP contribution in [0.25, 0.3) is 0 Å². The number of nitrogens with one attached hydrogen (secondary N) is 1. The van der Waals surface area contributed by atoms with Gasteiger partial charge in [0, 0.05) is 11.6 Å². The summed E-state index contributed by atoms with van der Waals surface area (Å²) in [6, 6.07) is 9.35. The number of amides is 1. The van der Waals surface area contributed by atoms with Gasteiger partial charge in [-0.25, -0.2) is 0 Å². The van der Waals surface area contributed by atoms with Crippen LogP contribution in [0.3, 0.4) is 0 Å². The maximum atomic E-state index is 13.0. The second-order valence-electron chi connectivity index (χ2n) is 12.4. The van der Waals surface area contributed by atoms with E-state index >= 15 is 0 Å².